The molecule has 5 nitrogen and oxygen atoms in total. The number of nitrogens with zero attached hydrogens (tertiary/aromatic N) is 2. The quantitative estimate of drug-likeness (QED) is 0.842. The van der Waals surface area contributed by atoms with Crippen molar-refractivity contribution < 1.29 is 4.79 Å². The number of aromatic nitrogens is 1. The molecular weight excluding hydrogens is 308 g/mol. The Kier molecular flexibility index (Phi) is 3.90. The summed E-state index contributed by atoms with van der Waals surface area (Å²) in [5.74, 6) is -0.371. The van der Waals surface area contributed by atoms with Crippen molar-refractivity contribution in [2.75, 3.05) is 23.7 Å². The monoisotopic (exact) mass is 322 g/mol. The zero-order valence-corrected chi connectivity index (χ0v) is 12.1. The van der Waals surface area contributed by atoms with Gasteiger partial charge in [-0.2, -0.15) is 0 Å². The van der Waals surface area contributed by atoms with Gasteiger partial charge in [-0.25, -0.2) is 0 Å². The van der Waals surface area contributed by atoms with Crippen LogP contribution in [0.2, 0.25) is 0 Å². The molecule has 6 heteroatoms. The zero-order valence-electron chi connectivity index (χ0n) is 10.6. The number of primary amides is 1. The second kappa shape index (κ2) is 5.44. The molecule has 1 aromatic carbocycles. The highest BCUT2D eigenvalue weighted by atomic mass is 79.9. The Bertz CT molecular complexity index is 629. The number of pyridine rings is 1. The molecule has 2 rings (SSSR count). The highest BCUT2D eigenvalue weighted by Crippen LogP contribution is 2.30. The van der Waals surface area contributed by atoms with E-state index in [1.54, 1.807) is 6.20 Å². The molecule has 2 aromatic rings. The minimum absolute atomic E-state index is 0.160. The van der Waals surface area contributed by atoms with Crippen molar-refractivity contribution in [2.45, 2.75) is 6.92 Å². The van der Waals surface area contributed by atoms with Crippen LogP contribution in [0.5, 0.6) is 0 Å². The summed E-state index contributed by atoms with van der Waals surface area (Å²) in [7, 11) is 0. The van der Waals surface area contributed by atoms with E-state index in [1.807, 2.05) is 30.0 Å². The molecule has 0 radical (unpaired) electrons. The molecule has 100 valence electrons. The van der Waals surface area contributed by atoms with E-state index < -0.39 is 0 Å². The van der Waals surface area contributed by atoms with Gasteiger partial charge in [0, 0.05) is 28.3 Å². The Morgan fingerprint density at radius 2 is 2.21 bits per heavy atom. The minimum Gasteiger partial charge on any atom is -0.398 e. The van der Waals surface area contributed by atoms with Gasteiger partial charge < -0.3 is 16.4 Å². The molecule has 0 unspecified atom stereocenters. The predicted molar refractivity (Wildman–Crippen MR) is 80.9 cm³/mol. The van der Waals surface area contributed by atoms with E-state index in [9.17, 15) is 4.79 Å². The van der Waals surface area contributed by atoms with E-state index in [0.717, 1.165) is 21.1 Å². The van der Waals surface area contributed by atoms with E-state index in [-0.39, 0.29) is 12.5 Å². The molecule has 0 aliphatic carbocycles. The topological polar surface area (TPSA) is 85.2 Å². The molecule has 4 N–H and O–H groups in total. The molecular formula is C13H15BrN4O. The van der Waals surface area contributed by atoms with E-state index in [0.29, 0.717) is 12.2 Å². The van der Waals surface area contributed by atoms with Crippen molar-refractivity contribution in [1.29, 1.82) is 0 Å². The van der Waals surface area contributed by atoms with Gasteiger partial charge in [-0.1, -0.05) is 0 Å². The zero-order chi connectivity index (χ0) is 14.0. The first-order valence-corrected chi connectivity index (χ1v) is 6.69. The number of carbonyl (C=O) groups is 1. The van der Waals surface area contributed by atoms with Gasteiger partial charge in [0.25, 0.3) is 0 Å². The Labute approximate surface area is 119 Å². The smallest absolute Gasteiger partial charge is 0.236 e. The van der Waals surface area contributed by atoms with E-state index in [4.69, 9.17) is 11.5 Å². The Morgan fingerprint density at radius 1 is 1.47 bits per heavy atom. The Hall–Kier alpha value is -1.82. The van der Waals surface area contributed by atoms with Crippen molar-refractivity contribution in [1.82, 2.24) is 4.98 Å². The van der Waals surface area contributed by atoms with E-state index >= 15 is 0 Å². The maximum absolute atomic E-state index is 11.1. The summed E-state index contributed by atoms with van der Waals surface area (Å²) in [5.41, 5.74) is 13.5. The van der Waals surface area contributed by atoms with Gasteiger partial charge in [0.1, 0.15) is 0 Å². The van der Waals surface area contributed by atoms with E-state index in [2.05, 4.69) is 20.9 Å². The summed E-state index contributed by atoms with van der Waals surface area (Å²) in [6, 6.07) is 5.60. The number of likely N-dealkylation sites (N-methyl/N-ethyl adjacent to an activating group) is 1. The predicted octanol–water partition coefficient (Wildman–Crippen LogP) is 1.89. The number of nitrogens with two attached hydrogens (primary N) is 2. The van der Waals surface area contributed by atoms with Gasteiger partial charge in [-0.05, 0) is 41.1 Å². The van der Waals surface area contributed by atoms with Gasteiger partial charge in [-0.3, -0.25) is 9.78 Å². The van der Waals surface area contributed by atoms with Gasteiger partial charge in [0.2, 0.25) is 5.91 Å². The Balaban J connectivity index is 2.60. The first-order valence-electron chi connectivity index (χ1n) is 5.90. The molecule has 0 aliphatic rings. The lowest BCUT2D eigenvalue weighted by atomic mass is 10.1. The molecule has 0 spiro atoms. The fraction of sp³-hybridized carbons (Fsp3) is 0.231. The SMILES string of the molecule is CCN(CC(N)=O)c1ccc(N)c2cc(Br)cnc12. The first-order chi connectivity index (χ1) is 9.02. The van der Waals surface area contributed by atoms with Crippen molar-refractivity contribution in [3.8, 4) is 0 Å². The number of hydrogen-bond acceptors (Lipinski definition) is 4. The van der Waals surface area contributed by atoms with Crippen molar-refractivity contribution >= 4 is 44.1 Å². The number of halogens is 1. The summed E-state index contributed by atoms with van der Waals surface area (Å²) in [4.78, 5) is 17.4. The van der Waals surface area contributed by atoms with E-state index in [1.165, 1.54) is 0 Å². The van der Waals surface area contributed by atoms with Crippen molar-refractivity contribution in [2.24, 2.45) is 5.73 Å². The van der Waals surface area contributed by atoms with Crippen LogP contribution in [0, 0.1) is 0 Å². The lowest BCUT2D eigenvalue weighted by Crippen LogP contribution is -2.33. The largest absolute Gasteiger partial charge is 0.398 e. The molecule has 1 heterocycles. The number of fused-ring (bicyclic) bond motifs is 1. The molecule has 0 aliphatic heterocycles. The lowest BCUT2D eigenvalue weighted by molar-refractivity contribution is -0.116. The molecule has 0 bridgehead atoms. The van der Waals surface area contributed by atoms with Crippen molar-refractivity contribution in [3.63, 3.8) is 0 Å². The standard InChI is InChI=1S/C13H15BrN4O/c1-2-18(7-12(16)19)11-4-3-10(15)9-5-8(14)6-17-13(9)11/h3-6H,2,7,15H2,1H3,(H2,16,19). The van der Waals surface area contributed by atoms with Crippen LogP contribution in [-0.4, -0.2) is 24.0 Å². The van der Waals surface area contributed by atoms with Crippen LogP contribution in [0.3, 0.4) is 0 Å². The number of anilines is 2. The first kappa shape index (κ1) is 13.6. The highest BCUT2D eigenvalue weighted by molar-refractivity contribution is 9.10. The van der Waals surface area contributed by atoms with Crippen LogP contribution in [-0.2, 0) is 4.79 Å². The number of rotatable bonds is 4. The molecule has 0 atom stereocenters. The Morgan fingerprint density at radius 3 is 2.84 bits per heavy atom. The molecule has 0 saturated heterocycles. The highest BCUT2D eigenvalue weighted by Gasteiger charge is 2.13. The third-order valence-corrected chi connectivity index (χ3v) is 3.33. The normalized spacial score (nSPS) is 10.6. The summed E-state index contributed by atoms with van der Waals surface area (Å²) in [6.07, 6.45) is 1.71. The molecule has 1 amide bonds. The second-order valence-corrected chi connectivity index (χ2v) is 5.12. The molecule has 0 fully saturated rings. The molecule has 19 heavy (non-hydrogen) atoms. The fourth-order valence-corrected chi connectivity index (χ4v) is 2.34. The van der Waals surface area contributed by atoms with Gasteiger partial charge in [-0.15, -0.1) is 0 Å². The number of benzene rings is 1. The summed E-state index contributed by atoms with van der Waals surface area (Å²) in [5, 5.41) is 0.856. The van der Waals surface area contributed by atoms with Gasteiger partial charge in [0.15, 0.2) is 0 Å². The molecule has 0 saturated carbocycles. The van der Waals surface area contributed by atoms with Gasteiger partial charge >= 0.3 is 0 Å². The van der Waals surface area contributed by atoms with Crippen LogP contribution in [0.25, 0.3) is 10.9 Å². The number of carbonyl (C=O) groups excluding carboxylic acids is 1. The van der Waals surface area contributed by atoms with Crippen LogP contribution >= 0.6 is 15.9 Å². The number of nitrogen functional groups attached to an aromatic ring is 1. The minimum atomic E-state index is -0.371. The summed E-state index contributed by atoms with van der Waals surface area (Å²) >= 11 is 3.38. The fourth-order valence-electron chi connectivity index (χ4n) is 2.01. The second-order valence-electron chi connectivity index (χ2n) is 4.20. The van der Waals surface area contributed by atoms with Gasteiger partial charge in [0.05, 0.1) is 17.7 Å². The van der Waals surface area contributed by atoms with Crippen LogP contribution in [0.15, 0.2) is 28.9 Å². The van der Waals surface area contributed by atoms with Crippen LogP contribution in [0.4, 0.5) is 11.4 Å². The summed E-state index contributed by atoms with van der Waals surface area (Å²) in [6.45, 7) is 2.79. The average Bonchev–Trinajstić information content (AvgIpc) is 2.37. The maximum atomic E-state index is 11.1. The number of amides is 1. The summed E-state index contributed by atoms with van der Waals surface area (Å²) < 4.78 is 0.863. The molecule has 1 aromatic heterocycles. The van der Waals surface area contributed by atoms with Crippen LogP contribution < -0.4 is 16.4 Å². The third kappa shape index (κ3) is 2.78. The lowest BCUT2D eigenvalue weighted by Gasteiger charge is -2.23. The third-order valence-electron chi connectivity index (χ3n) is 2.90. The van der Waals surface area contributed by atoms with Crippen molar-refractivity contribution in [3.05, 3.63) is 28.9 Å². The maximum Gasteiger partial charge on any atom is 0.236 e. The van der Waals surface area contributed by atoms with Crippen LogP contribution in [0.1, 0.15) is 6.92 Å². The average molecular weight is 323 g/mol. The number of hydrogen-bond donors (Lipinski definition) is 2.